The van der Waals surface area contributed by atoms with Gasteiger partial charge in [-0.3, -0.25) is 4.79 Å². The summed E-state index contributed by atoms with van der Waals surface area (Å²) in [7, 11) is 0. The molecule has 0 atom stereocenters. The number of aliphatic hydroxyl groups excluding tert-OH is 1. The Bertz CT molecular complexity index is 274. The number of hydrogen-bond donors (Lipinski definition) is 1. The Labute approximate surface area is 95.4 Å². The molecule has 1 rings (SSSR count). The lowest BCUT2D eigenvalue weighted by atomic mass is 9.97. The van der Waals surface area contributed by atoms with Gasteiger partial charge in [-0.1, -0.05) is 0 Å². The summed E-state index contributed by atoms with van der Waals surface area (Å²) in [5, 5.41) is 9.27. The highest BCUT2D eigenvalue weighted by Crippen LogP contribution is 2.17. The normalized spacial score (nSPS) is 18.4. The third kappa shape index (κ3) is 3.48. The number of piperidine rings is 1. The average Bonchev–Trinajstić information content (AvgIpc) is 2.17. The molecule has 0 aliphatic carbocycles. The van der Waals surface area contributed by atoms with Crippen molar-refractivity contribution < 1.29 is 19.4 Å². The van der Waals surface area contributed by atoms with Crippen molar-refractivity contribution in [3.63, 3.8) is 0 Å². The molecule has 16 heavy (non-hydrogen) atoms. The van der Waals surface area contributed by atoms with E-state index in [1.165, 1.54) is 4.90 Å². The zero-order valence-corrected chi connectivity index (χ0v) is 10.0. The van der Waals surface area contributed by atoms with Crippen molar-refractivity contribution in [3.8, 4) is 0 Å². The zero-order valence-electron chi connectivity index (χ0n) is 10.0. The van der Waals surface area contributed by atoms with E-state index in [4.69, 9.17) is 4.74 Å². The highest BCUT2D eigenvalue weighted by molar-refractivity contribution is 5.87. The van der Waals surface area contributed by atoms with Crippen molar-refractivity contribution in [1.82, 2.24) is 4.90 Å². The summed E-state index contributed by atoms with van der Waals surface area (Å²) >= 11 is 0. The highest BCUT2D eigenvalue weighted by Gasteiger charge is 2.29. The Kier molecular flexibility index (Phi) is 3.91. The van der Waals surface area contributed by atoms with Gasteiger partial charge in [0.25, 0.3) is 0 Å². The van der Waals surface area contributed by atoms with Crippen LogP contribution in [0, 0.1) is 5.41 Å². The van der Waals surface area contributed by atoms with Crippen LogP contribution in [0.1, 0.15) is 33.6 Å². The average molecular weight is 229 g/mol. The van der Waals surface area contributed by atoms with E-state index in [1.807, 2.05) is 0 Å². The fourth-order valence-electron chi connectivity index (χ4n) is 1.35. The third-order valence-electron chi connectivity index (χ3n) is 2.52. The summed E-state index contributed by atoms with van der Waals surface area (Å²) in [6.07, 6.45) is 0.131. The summed E-state index contributed by atoms with van der Waals surface area (Å²) < 4.78 is 4.76. The fourth-order valence-corrected chi connectivity index (χ4v) is 1.35. The molecule has 0 aromatic rings. The summed E-state index contributed by atoms with van der Waals surface area (Å²) in [4.78, 5) is 24.5. The van der Waals surface area contributed by atoms with Gasteiger partial charge in [-0.25, -0.2) is 4.79 Å². The van der Waals surface area contributed by atoms with Gasteiger partial charge >= 0.3 is 12.1 Å². The second-order valence-electron chi connectivity index (χ2n) is 5.12. The number of esters is 1. The smallest absolute Gasteiger partial charge is 0.393 e. The van der Waals surface area contributed by atoms with Crippen LogP contribution < -0.4 is 0 Å². The van der Waals surface area contributed by atoms with E-state index in [9.17, 15) is 14.7 Å². The zero-order chi connectivity index (χ0) is 12.3. The molecule has 1 N–H and O–H groups in total. The first kappa shape index (κ1) is 13.0. The minimum Gasteiger partial charge on any atom is -0.393 e. The van der Waals surface area contributed by atoms with Crippen molar-refractivity contribution in [1.29, 1.82) is 0 Å². The van der Waals surface area contributed by atoms with Gasteiger partial charge in [0.05, 0.1) is 11.5 Å². The van der Waals surface area contributed by atoms with Crippen LogP contribution >= 0.6 is 0 Å². The summed E-state index contributed by atoms with van der Waals surface area (Å²) in [6, 6.07) is 0. The predicted molar refractivity (Wildman–Crippen MR) is 57.8 cm³/mol. The Morgan fingerprint density at radius 2 is 1.75 bits per heavy atom. The van der Waals surface area contributed by atoms with Gasteiger partial charge in [-0.15, -0.1) is 0 Å². The number of carbonyl (C=O) groups is 2. The molecule has 1 amide bonds. The molecule has 92 valence electrons. The Morgan fingerprint density at radius 1 is 1.25 bits per heavy atom. The lowest BCUT2D eigenvalue weighted by Gasteiger charge is -2.29. The van der Waals surface area contributed by atoms with Crippen LogP contribution in [0.5, 0.6) is 0 Å². The van der Waals surface area contributed by atoms with Gasteiger partial charge < -0.3 is 14.7 Å². The first-order valence-corrected chi connectivity index (χ1v) is 5.50. The summed E-state index contributed by atoms with van der Waals surface area (Å²) in [5.74, 6) is -0.524. The number of hydrogen-bond acceptors (Lipinski definition) is 4. The molecule has 0 saturated carbocycles. The van der Waals surface area contributed by atoms with E-state index in [1.54, 1.807) is 20.8 Å². The van der Waals surface area contributed by atoms with E-state index in [0.717, 1.165) is 0 Å². The molecular formula is C11H19NO4. The second-order valence-corrected chi connectivity index (χ2v) is 5.12. The number of ether oxygens (including phenoxy) is 1. The van der Waals surface area contributed by atoms with E-state index in [0.29, 0.717) is 25.9 Å². The van der Waals surface area contributed by atoms with Crippen molar-refractivity contribution in [2.75, 3.05) is 13.1 Å². The monoisotopic (exact) mass is 229 g/mol. The Balaban J connectivity index is 2.44. The molecule has 0 bridgehead atoms. The molecule has 0 aromatic carbocycles. The third-order valence-corrected chi connectivity index (χ3v) is 2.52. The number of aliphatic hydroxyl groups is 1. The largest absolute Gasteiger partial charge is 0.417 e. The molecule has 0 aromatic heterocycles. The van der Waals surface area contributed by atoms with Gasteiger partial charge in [0.1, 0.15) is 0 Å². The van der Waals surface area contributed by atoms with E-state index in [-0.39, 0.29) is 6.10 Å². The molecule has 5 heteroatoms. The number of carbonyl (C=O) groups excluding carboxylic acids is 2. The Morgan fingerprint density at radius 3 is 2.19 bits per heavy atom. The van der Waals surface area contributed by atoms with Crippen LogP contribution in [0.3, 0.4) is 0 Å². The number of rotatable bonds is 0. The van der Waals surface area contributed by atoms with Gasteiger partial charge in [-0.05, 0) is 33.6 Å². The van der Waals surface area contributed by atoms with Crippen molar-refractivity contribution in [2.45, 2.75) is 39.7 Å². The van der Waals surface area contributed by atoms with Crippen LogP contribution in [0.15, 0.2) is 0 Å². The molecule has 0 spiro atoms. The maximum Gasteiger partial charge on any atom is 0.417 e. The highest BCUT2D eigenvalue weighted by atomic mass is 16.6. The van der Waals surface area contributed by atoms with Crippen molar-refractivity contribution in [3.05, 3.63) is 0 Å². The van der Waals surface area contributed by atoms with E-state index < -0.39 is 17.5 Å². The van der Waals surface area contributed by atoms with Crippen molar-refractivity contribution in [2.24, 2.45) is 5.41 Å². The van der Waals surface area contributed by atoms with Gasteiger partial charge in [0.2, 0.25) is 0 Å². The maximum absolute atomic E-state index is 11.6. The second kappa shape index (κ2) is 4.82. The molecule has 1 heterocycles. The van der Waals surface area contributed by atoms with E-state index >= 15 is 0 Å². The minimum atomic E-state index is -0.676. The standard InChI is InChI=1S/C11H19NO4/c1-11(2,3)9(14)16-10(15)12-6-4-8(13)5-7-12/h8,13H,4-7H2,1-3H3. The summed E-state index contributed by atoms with van der Waals surface area (Å²) in [5.41, 5.74) is -0.676. The molecule has 1 aliphatic rings. The van der Waals surface area contributed by atoms with Crippen LogP contribution in [-0.2, 0) is 9.53 Å². The number of amides is 1. The first-order valence-electron chi connectivity index (χ1n) is 5.50. The molecule has 5 nitrogen and oxygen atoms in total. The van der Waals surface area contributed by atoms with Gasteiger partial charge in [0, 0.05) is 13.1 Å². The lowest BCUT2D eigenvalue weighted by Crippen LogP contribution is -2.42. The fraction of sp³-hybridized carbons (Fsp3) is 0.818. The lowest BCUT2D eigenvalue weighted by molar-refractivity contribution is -0.147. The quantitative estimate of drug-likeness (QED) is 0.500. The molecule has 0 unspecified atom stereocenters. The SMILES string of the molecule is CC(C)(C)C(=O)OC(=O)N1CCC(O)CC1. The Hall–Kier alpha value is -1.10. The molecule has 1 aliphatic heterocycles. The van der Waals surface area contributed by atoms with Gasteiger partial charge in [-0.2, -0.15) is 0 Å². The van der Waals surface area contributed by atoms with Crippen LogP contribution in [0.25, 0.3) is 0 Å². The molecule has 1 fully saturated rings. The van der Waals surface area contributed by atoms with E-state index in [2.05, 4.69) is 0 Å². The van der Waals surface area contributed by atoms with Crippen LogP contribution in [0.2, 0.25) is 0 Å². The predicted octanol–water partition coefficient (Wildman–Crippen LogP) is 1.15. The topological polar surface area (TPSA) is 66.8 Å². The number of nitrogens with zero attached hydrogens (tertiary/aromatic N) is 1. The molecular weight excluding hydrogens is 210 g/mol. The minimum absolute atomic E-state index is 0.345. The van der Waals surface area contributed by atoms with Gasteiger partial charge in [0.15, 0.2) is 0 Å². The molecule has 1 saturated heterocycles. The van der Waals surface area contributed by atoms with Crippen LogP contribution in [-0.4, -0.2) is 41.3 Å². The van der Waals surface area contributed by atoms with Crippen molar-refractivity contribution >= 4 is 12.1 Å². The number of likely N-dealkylation sites (tertiary alicyclic amines) is 1. The maximum atomic E-state index is 11.6. The van der Waals surface area contributed by atoms with Crippen LogP contribution in [0.4, 0.5) is 4.79 Å². The summed E-state index contributed by atoms with van der Waals surface area (Å²) in [6.45, 7) is 5.97. The molecule has 0 radical (unpaired) electrons. The first-order chi connectivity index (χ1) is 7.30.